The summed E-state index contributed by atoms with van der Waals surface area (Å²) >= 11 is 1.86. The average Bonchev–Trinajstić information content (AvgIpc) is 2.36. The van der Waals surface area contributed by atoms with Gasteiger partial charge in [0.05, 0.1) is 6.42 Å². The lowest BCUT2D eigenvalue weighted by Crippen LogP contribution is -2.42. The Morgan fingerprint density at radius 2 is 2.21 bits per heavy atom. The number of hydrogen-bond acceptors (Lipinski definition) is 3. The van der Waals surface area contributed by atoms with Gasteiger partial charge in [-0.1, -0.05) is 18.2 Å². The van der Waals surface area contributed by atoms with Crippen molar-refractivity contribution in [3.63, 3.8) is 0 Å². The minimum absolute atomic E-state index is 0.165. The van der Waals surface area contributed by atoms with E-state index >= 15 is 0 Å². The number of hydrogen-bond donors (Lipinski definition) is 1. The van der Waals surface area contributed by atoms with E-state index in [2.05, 4.69) is 36.9 Å². The van der Waals surface area contributed by atoms with E-state index in [4.69, 9.17) is 5.11 Å². The van der Waals surface area contributed by atoms with Crippen molar-refractivity contribution in [3.05, 3.63) is 34.9 Å². The van der Waals surface area contributed by atoms with Crippen molar-refractivity contribution in [2.75, 3.05) is 18.1 Å². The average molecular weight is 279 g/mol. The molecular weight excluding hydrogens is 258 g/mol. The SMILES string of the molecule is Cc1ccc(CN2CCSCC2CC(=O)O)cc1C. The molecule has 0 aromatic heterocycles. The number of aliphatic carboxylic acids is 1. The van der Waals surface area contributed by atoms with Crippen molar-refractivity contribution in [2.24, 2.45) is 0 Å². The van der Waals surface area contributed by atoms with Gasteiger partial charge in [0, 0.05) is 30.6 Å². The second-order valence-corrected chi connectivity index (χ2v) is 6.37. The standard InChI is InChI=1S/C15H21NO2S/c1-11-3-4-13(7-12(11)2)9-16-5-6-19-10-14(16)8-15(17)18/h3-4,7,14H,5-6,8-10H2,1-2H3,(H,17,18). The Kier molecular flexibility index (Phi) is 4.88. The van der Waals surface area contributed by atoms with Crippen LogP contribution in [-0.4, -0.2) is 40.1 Å². The Morgan fingerprint density at radius 1 is 1.42 bits per heavy atom. The van der Waals surface area contributed by atoms with Crippen LogP contribution in [0.3, 0.4) is 0 Å². The molecule has 1 N–H and O–H groups in total. The van der Waals surface area contributed by atoms with Gasteiger partial charge in [-0.2, -0.15) is 11.8 Å². The summed E-state index contributed by atoms with van der Waals surface area (Å²) < 4.78 is 0. The van der Waals surface area contributed by atoms with Crippen LogP contribution in [0.2, 0.25) is 0 Å². The van der Waals surface area contributed by atoms with Gasteiger partial charge in [0.2, 0.25) is 0 Å². The van der Waals surface area contributed by atoms with E-state index in [1.54, 1.807) is 0 Å². The maximum Gasteiger partial charge on any atom is 0.304 e. The van der Waals surface area contributed by atoms with Crippen LogP contribution < -0.4 is 0 Å². The minimum atomic E-state index is -0.697. The molecule has 0 bridgehead atoms. The topological polar surface area (TPSA) is 40.5 Å². The first-order valence-corrected chi connectivity index (χ1v) is 7.81. The second-order valence-electron chi connectivity index (χ2n) is 5.22. The number of carboxylic acids is 1. The maximum absolute atomic E-state index is 10.9. The van der Waals surface area contributed by atoms with E-state index in [1.807, 2.05) is 11.8 Å². The Morgan fingerprint density at radius 3 is 2.89 bits per heavy atom. The molecule has 0 radical (unpaired) electrons. The fraction of sp³-hybridized carbons (Fsp3) is 0.533. The van der Waals surface area contributed by atoms with Crippen molar-refractivity contribution < 1.29 is 9.90 Å². The van der Waals surface area contributed by atoms with Crippen LogP contribution in [0.4, 0.5) is 0 Å². The van der Waals surface area contributed by atoms with Crippen LogP contribution in [0.5, 0.6) is 0 Å². The largest absolute Gasteiger partial charge is 0.481 e. The van der Waals surface area contributed by atoms with Gasteiger partial charge in [-0.05, 0) is 30.5 Å². The van der Waals surface area contributed by atoms with E-state index in [-0.39, 0.29) is 12.5 Å². The van der Waals surface area contributed by atoms with Gasteiger partial charge < -0.3 is 5.11 Å². The summed E-state index contributed by atoms with van der Waals surface area (Å²) in [5, 5.41) is 8.99. The zero-order chi connectivity index (χ0) is 13.8. The molecule has 1 aromatic rings. The van der Waals surface area contributed by atoms with Crippen LogP contribution in [0, 0.1) is 13.8 Å². The number of rotatable bonds is 4. The highest BCUT2D eigenvalue weighted by Crippen LogP contribution is 2.22. The van der Waals surface area contributed by atoms with Crippen LogP contribution in [0.15, 0.2) is 18.2 Å². The zero-order valence-corrected chi connectivity index (χ0v) is 12.4. The third-order valence-corrected chi connectivity index (χ3v) is 4.81. The molecule has 0 amide bonds. The monoisotopic (exact) mass is 279 g/mol. The normalized spacial score (nSPS) is 20.4. The fourth-order valence-electron chi connectivity index (χ4n) is 2.42. The first kappa shape index (κ1) is 14.4. The molecule has 3 nitrogen and oxygen atoms in total. The highest BCUT2D eigenvalue weighted by molar-refractivity contribution is 7.99. The molecule has 1 aliphatic heterocycles. The van der Waals surface area contributed by atoms with Crippen molar-refractivity contribution in [1.82, 2.24) is 4.90 Å². The summed E-state index contributed by atoms with van der Waals surface area (Å²) in [6.07, 6.45) is 0.248. The Balaban J connectivity index is 2.06. The fourth-order valence-corrected chi connectivity index (χ4v) is 3.55. The highest BCUT2D eigenvalue weighted by atomic mass is 32.2. The molecule has 4 heteroatoms. The minimum Gasteiger partial charge on any atom is -0.481 e. The summed E-state index contributed by atoms with van der Waals surface area (Å²) in [5.74, 6) is 1.33. The van der Waals surface area contributed by atoms with Crippen molar-refractivity contribution >= 4 is 17.7 Å². The Bertz CT molecular complexity index is 461. The lowest BCUT2D eigenvalue weighted by atomic mass is 10.1. The smallest absolute Gasteiger partial charge is 0.304 e. The van der Waals surface area contributed by atoms with E-state index in [9.17, 15) is 4.79 Å². The number of carbonyl (C=O) groups is 1. The molecule has 1 atom stereocenters. The Labute approximate surface area is 119 Å². The molecule has 1 fully saturated rings. The van der Waals surface area contributed by atoms with Crippen LogP contribution in [0.25, 0.3) is 0 Å². The molecule has 1 heterocycles. The molecule has 0 spiro atoms. The van der Waals surface area contributed by atoms with Crippen molar-refractivity contribution in [1.29, 1.82) is 0 Å². The number of aryl methyl sites for hydroxylation is 2. The van der Waals surface area contributed by atoms with E-state index < -0.39 is 5.97 Å². The molecule has 2 rings (SSSR count). The lowest BCUT2D eigenvalue weighted by molar-refractivity contribution is -0.138. The predicted octanol–water partition coefficient (Wildman–Crippen LogP) is 2.70. The lowest BCUT2D eigenvalue weighted by Gasteiger charge is -2.34. The van der Waals surface area contributed by atoms with Gasteiger partial charge in [0.25, 0.3) is 0 Å². The zero-order valence-electron chi connectivity index (χ0n) is 11.6. The molecule has 19 heavy (non-hydrogen) atoms. The first-order chi connectivity index (χ1) is 9.06. The van der Waals surface area contributed by atoms with Crippen LogP contribution >= 0.6 is 11.8 Å². The molecule has 1 unspecified atom stereocenters. The van der Waals surface area contributed by atoms with E-state index in [1.165, 1.54) is 16.7 Å². The molecule has 1 aromatic carbocycles. The summed E-state index contributed by atoms with van der Waals surface area (Å²) in [6, 6.07) is 6.68. The van der Waals surface area contributed by atoms with Gasteiger partial charge in [-0.3, -0.25) is 9.69 Å². The number of carboxylic acid groups (broad SMARTS) is 1. The van der Waals surface area contributed by atoms with E-state index in [0.717, 1.165) is 24.6 Å². The Hall–Kier alpha value is -1.00. The van der Waals surface area contributed by atoms with Crippen molar-refractivity contribution in [2.45, 2.75) is 32.9 Å². The number of benzene rings is 1. The van der Waals surface area contributed by atoms with Gasteiger partial charge in [-0.15, -0.1) is 0 Å². The number of nitrogens with zero attached hydrogens (tertiary/aromatic N) is 1. The molecule has 0 saturated carbocycles. The van der Waals surface area contributed by atoms with Crippen LogP contribution in [-0.2, 0) is 11.3 Å². The first-order valence-electron chi connectivity index (χ1n) is 6.66. The predicted molar refractivity (Wildman–Crippen MR) is 79.7 cm³/mol. The summed E-state index contributed by atoms with van der Waals surface area (Å²) in [4.78, 5) is 13.2. The molecular formula is C15H21NO2S. The van der Waals surface area contributed by atoms with Gasteiger partial charge in [0.15, 0.2) is 0 Å². The molecule has 1 aliphatic rings. The highest BCUT2D eigenvalue weighted by Gasteiger charge is 2.24. The summed E-state index contributed by atoms with van der Waals surface area (Å²) in [5.41, 5.74) is 3.89. The van der Waals surface area contributed by atoms with Gasteiger partial charge in [0.1, 0.15) is 0 Å². The maximum atomic E-state index is 10.9. The third-order valence-electron chi connectivity index (χ3n) is 3.72. The molecule has 1 saturated heterocycles. The summed E-state index contributed by atoms with van der Waals surface area (Å²) in [6.45, 7) is 6.08. The third kappa shape index (κ3) is 3.98. The summed E-state index contributed by atoms with van der Waals surface area (Å²) in [7, 11) is 0. The van der Waals surface area contributed by atoms with Gasteiger partial charge in [-0.25, -0.2) is 0 Å². The molecule has 0 aliphatic carbocycles. The van der Waals surface area contributed by atoms with Crippen LogP contribution in [0.1, 0.15) is 23.1 Å². The van der Waals surface area contributed by atoms with Crippen molar-refractivity contribution in [3.8, 4) is 0 Å². The second kappa shape index (κ2) is 6.44. The quantitative estimate of drug-likeness (QED) is 0.920. The number of thioether (sulfide) groups is 1. The molecule has 104 valence electrons. The van der Waals surface area contributed by atoms with Gasteiger partial charge >= 0.3 is 5.97 Å². The van der Waals surface area contributed by atoms with E-state index in [0.29, 0.717) is 0 Å².